The van der Waals surface area contributed by atoms with Crippen molar-refractivity contribution in [3.05, 3.63) is 38.3 Å². The lowest BCUT2D eigenvalue weighted by atomic mass is 9.95. The van der Waals surface area contributed by atoms with Crippen LogP contribution in [-0.2, 0) is 0 Å². The lowest BCUT2D eigenvalue weighted by Crippen LogP contribution is -1.92. The predicted octanol–water partition coefficient (Wildman–Crippen LogP) is 5.53. The van der Waals surface area contributed by atoms with Gasteiger partial charge >= 0.3 is 0 Å². The number of benzene rings is 1. The summed E-state index contributed by atoms with van der Waals surface area (Å²) in [6.45, 7) is 0. The first-order chi connectivity index (χ1) is 7.75. The highest BCUT2D eigenvalue weighted by molar-refractivity contribution is 9.28. The summed E-state index contributed by atoms with van der Waals surface area (Å²) in [5.74, 6) is 1.65. The average molecular weight is 342 g/mol. The molecule has 2 heteroatoms. The van der Waals surface area contributed by atoms with Crippen molar-refractivity contribution >= 4 is 37.9 Å². The third-order valence-electron chi connectivity index (χ3n) is 3.46. The summed E-state index contributed by atoms with van der Waals surface area (Å²) < 4.78 is 1.05. The second-order valence-corrected chi connectivity index (χ2v) is 7.61. The smallest absolute Gasteiger partial charge is 0.0610 e. The minimum Gasteiger partial charge on any atom is -0.0617 e. The normalized spacial score (nSPS) is 19.6. The van der Waals surface area contributed by atoms with Crippen molar-refractivity contribution in [1.82, 2.24) is 0 Å². The molecule has 0 N–H and O–H groups in total. The molecule has 0 unspecified atom stereocenters. The Labute approximate surface area is 113 Å². The highest BCUT2D eigenvalue weighted by atomic mass is 79.9. The van der Waals surface area contributed by atoms with E-state index in [4.69, 9.17) is 0 Å². The fourth-order valence-electron chi connectivity index (χ4n) is 2.38. The van der Waals surface area contributed by atoms with E-state index in [0.717, 1.165) is 15.2 Å². The van der Waals surface area contributed by atoms with E-state index in [1.807, 2.05) is 0 Å². The second kappa shape index (κ2) is 4.30. The van der Waals surface area contributed by atoms with E-state index in [-0.39, 0.29) is 0 Å². The molecule has 0 aromatic heterocycles. The molecule has 1 aromatic rings. The lowest BCUT2D eigenvalue weighted by Gasteiger charge is -2.11. The van der Waals surface area contributed by atoms with Gasteiger partial charge in [0, 0.05) is 0 Å². The van der Waals surface area contributed by atoms with E-state index < -0.39 is 0 Å². The summed E-state index contributed by atoms with van der Waals surface area (Å²) >= 11 is 6.99. The minimum absolute atomic E-state index is 0.823. The third-order valence-corrected chi connectivity index (χ3v) is 3.92. The molecule has 3 rings (SSSR count). The van der Waals surface area contributed by atoms with Gasteiger partial charge in [-0.3, -0.25) is 0 Å². The molecule has 2 aliphatic rings. The fraction of sp³-hybridized carbons (Fsp3) is 0.429. The molecule has 0 heterocycles. The molecule has 16 heavy (non-hydrogen) atoms. The Kier molecular flexibility index (Phi) is 2.97. The summed E-state index contributed by atoms with van der Waals surface area (Å²) in [7, 11) is 0. The van der Waals surface area contributed by atoms with Gasteiger partial charge in [-0.15, -0.1) is 0 Å². The van der Waals surface area contributed by atoms with Gasteiger partial charge in [0.05, 0.1) is 3.39 Å². The highest BCUT2D eigenvalue weighted by Gasteiger charge is 2.30. The zero-order chi connectivity index (χ0) is 11.1. The van der Waals surface area contributed by atoms with Crippen molar-refractivity contribution < 1.29 is 0 Å². The molecule has 1 aromatic carbocycles. The van der Waals surface area contributed by atoms with Gasteiger partial charge < -0.3 is 0 Å². The van der Waals surface area contributed by atoms with Gasteiger partial charge in [0.25, 0.3) is 0 Å². The van der Waals surface area contributed by atoms with E-state index in [0.29, 0.717) is 0 Å². The molecule has 0 saturated heterocycles. The zero-order valence-electron chi connectivity index (χ0n) is 9.05. The summed E-state index contributed by atoms with van der Waals surface area (Å²) in [5.41, 5.74) is 4.58. The standard InChI is InChI=1S/C14H14Br2/c15-14(16)8-13-11(9-4-5-9)2-1-3-12(13)10-6-7-10/h1-3,8-10H,4-7H2. The SMILES string of the molecule is BrC(Br)=Cc1c(C2CC2)cccc1C1CC1. The topological polar surface area (TPSA) is 0 Å². The highest BCUT2D eigenvalue weighted by Crippen LogP contribution is 2.48. The van der Waals surface area contributed by atoms with Gasteiger partial charge in [-0.2, -0.15) is 0 Å². The maximum absolute atomic E-state index is 3.50. The van der Waals surface area contributed by atoms with Gasteiger partial charge in [0.2, 0.25) is 0 Å². The molecule has 0 nitrogen and oxygen atoms in total. The van der Waals surface area contributed by atoms with E-state index >= 15 is 0 Å². The quantitative estimate of drug-likeness (QED) is 0.678. The molecule has 84 valence electrons. The molecular formula is C14H14Br2. The molecule has 0 amide bonds. The van der Waals surface area contributed by atoms with Crippen molar-refractivity contribution in [1.29, 1.82) is 0 Å². The number of rotatable bonds is 3. The van der Waals surface area contributed by atoms with Gasteiger partial charge in [-0.1, -0.05) is 18.2 Å². The molecule has 2 aliphatic carbocycles. The number of hydrogen-bond donors (Lipinski definition) is 0. The van der Waals surface area contributed by atoms with Crippen LogP contribution in [-0.4, -0.2) is 0 Å². The van der Waals surface area contributed by atoms with Crippen LogP contribution in [0.2, 0.25) is 0 Å². The summed E-state index contributed by atoms with van der Waals surface area (Å²) in [6, 6.07) is 6.84. The van der Waals surface area contributed by atoms with Crippen molar-refractivity contribution in [3.8, 4) is 0 Å². The van der Waals surface area contributed by atoms with Crippen LogP contribution in [0.4, 0.5) is 0 Å². The van der Waals surface area contributed by atoms with Crippen LogP contribution >= 0.6 is 31.9 Å². The lowest BCUT2D eigenvalue weighted by molar-refractivity contribution is 1.06. The van der Waals surface area contributed by atoms with E-state index in [2.05, 4.69) is 56.1 Å². The number of hydrogen-bond acceptors (Lipinski definition) is 0. The monoisotopic (exact) mass is 340 g/mol. The number of halogens is 2. The molecular weight excluding hydrogens is 328 g/mol. The minimum atomic E-state index is 0.823. The Bertz CT molecular complexity index is 406. The molecule has 2 fully saturated rings. The summed E-state index contributed by atoms with van der Waals surface area (Å²) in [6.07, 6.45) is 7.72. The Morgan fingerprint density at radius 1 is 1.00 bits per heavy atom. The molecule has 2 saturated carbocycles. The van der Waals surface area contributed by atoms with Gasteiger partial charge in [0.15, 0.2) is 0 Å². The molecule has 0 spiro atoms. The first kappa shape index (κ1) is 11.0. The average Bonchev–Trinajstić information content (AvgIpc) is 3.12. The van der Waals surface area contributed by atoms with Gasteiger partial charge in [-0.05, 0) is 92.1 Å². The molecule has 0 bridgehead atoms. The van der Waals surface area contributed by atoms with Crippen LogP contribution in [0.25, 0.3) is 6.08 Å². The van der Waals surface area contributed by atoms with E-state index in [1.165, 1.54) is 31.2 Å². The maximum Gasteiger partial charge on any atom is 0.0610 e. The Morgan fingerprint density at radius 3 is 1.88 bits per heavy atom. The van der Waals surface area contributed by atoms with E-state index in [9.17, 15) is 0 Å². The summed E-state index contributed by atoms with van der Waals surface area (Å²) in [4.78, 5) is 0. The van der Waals surface area contributed by atoms with Crippen LogP contribution in [0.1, 0.15) is 54.2 Å². The van der Waals surface area contributed by atoms with E-state index in [1.54, 1.807) is 11.1 Å². The van der Waals surface area contributed by atoms with Crippen LogP contribution in [0, 0.1) is 0 Å². The van der Waals surface area contributed by atoms with Gasteiger partial charge in [0.1, 0.15) is 0 Å². The molecule has 0 atom stereocenters. The Balaban J connectivity index is 2.09. The first-order valence-electron chi connectivity index (χ1n) is 5.91. The van der Waals surface area contributed by atoms with Gasteiger partial charge in [-0.25, -0.2) is 0 Å². The predicted molar refractivity (Wildman–Crippen MR) is 76.2 cm³/mol. The first-order valence-corrected chi connectivity index (χ1v) is 7.50. The fourth-order valence-corrected chi connectivity index (χ4v) is 2.84. The molecule has 0 radical (unpaired) electrons. The van der Waals surface area contributed by atoms with Crippen LogP contribution in [0.15, 0.2) is 21.6 Å². The summed E-state index contributed by atoms with van der Waals surface area (Å²) in [5, 5.41) is 0. The second-order valence-electron chi connectivity index (χ2n) is 4.83. The Morgan fingerprint density at radius 2 is 1.50 bits per heavy atom. The largest absolute Gasteiger partial charge is 0.0617 e. The van der Waals surface area contributed by atoms with Crippen LogP contribution in [0.3, 0.4) is 0 Å². The van der Waals surface area contributed by atoms with Crippen LogP contribution in [0.5, 0.6) is 0 Å². The maximum atomic E-state index is 3.50. The Hall–Kier alpha value is -0.0800. The van der Waals surface area contributed by atoms with Crippen LogP contribution < -0.4 is 0 Å². The zero-order valence-corrected chi connectivity index (χ0v) is 12.2. The van der Waals surface area contributed by atoms with Crippen molar-refractivity contribution in [2.24, 2.45) is 0 Å². The molecule has 0 aliphatic heterocycles. The third kappa shape index (κ3) is 2.28. The van der Waals surface area contributed by atoms with Crippen molar-refractivity contribution in [2.45, 2.75) is 37.5 Å². The van der Waals surface area contributed by atoms with Crippen molar-refractivity contribution in [2.75, 3.05) is 0 Å². The van der Waals surface area contributed by atoms with Crippen molar-refractivity contribution in [3.63, 3.8) is 0 Å².